The van der Waals surface area contributed by atoms with Gasteiger partial charge in [-0.2, -0.15) is 0 Å². The molecule has 5 heteroatoms. The Bertz CT molecular complexity index is 676. The van der Waals surface area contributed by atoms with E-state index in [0.29, 0.717) is 18.8 Å². The third-order valence-electron chi connectivity index (χ3n) is 9.53. The maximum absolute atomic E-state index is 12.2. The number of carbonyl (C=O) groups excluding carboxylic acids is 1. The first-order chi connectivity index (χ1) is 12.5. The Morgan fingerprint density at radius 1 is 1.04 bits per heavy atom. The lowest BCUT2D eigenvalue weighted by molar-refractivity contribution is -0.235. The second kappa shape index (κ2) is 5.71. The number of hydrogen-bond acceptors (Lipinski definition) is 4. The van der Waals surface area contributed by atoms with Crippen LogP contribution >= 0.6 is 0 Å². The Morgan fingerprint density at radius 3 is 2.37 bits per heavy atom. The summed E-state index contributed by atoms with van der Waals surface area (Å²) in [4.78, 5) is 23.9. The third kappa shape index (κ3) is 2.33. The van der Waals surface area contributed by atoms with Gasteiger partial charge in [-0.1, -0.05) is 20.3 Å². The molecule has 0 aromatic rings. The van der Waals surface area contributed by atoms with Gasteiger partial charge in [0.05, 0.1) is 11.5 Å². The highest BCUT2D eigenvalue weighted by atomic mass is 16.5. The van der Waals surface area contributed by atoms with Gasteiger partial charge in [0.25, 0.3) is 0 Å². The average molecular weight is 379 g/mol. The van der Waals surface area contributed by atoms with Crippen LogP contribution in [0.4, 0.5) is 0 Å². The zero-order valence-electron chi connectivity index (χ0n) is 17.1. The summed E-state index contributed by atoms with van der Waals surface area (Å²) in [6.07, 6.45) is 6.35. The van der Waals surface area contributed by atoms with Crippen molar-refractivity contribution in [3.8, 4) is 0 Å². The Morgan fingerprint density at radius 2 is 1.74 bits per heavy atom. The highest BCUT2D eigenvalue weighted by molar-refractivity contribution is 5.75. The van der Waals surface area contributed by atoms with E-state index in [1.165, 1.54) is 6.92 Å². The van der Waals surface area contributed by atoms with E-state index in [4.69, 9.17) is 4.74 Å². The smallest absolute Gasteiger partial charge is 0.309 e. The molecule has 4 fully saturated rings. The topological polar surface area (TPSA) is 83.8 Å². The summed E-state index contributed by atoms with van der Waals surface area (Å²) in [6.45, 7) is 7.85. The Hall–Kier alpha value is -1.10. The molecular formula is C22H34O5. The van der Waals surface area contributed by atoms with E-state index >= 15 is 0 Å². The van der Waals surface area contributed by atoms with Crippen LogP contribution in [0.1, 0.15) is 79.1 Å². The first kappa shape index (κ1) is 19.2. The summed E-state index contributed by atoms with van der Waals surface area (Å²) in [6, 6.07) is 0. The summed E-state index contributed by atoms with van der Waals surface area (Å²) in [5.74, 6) is -0.899. The number of fused-ring (bicyclic) bond motifs is 2. The lowest BCUT2D eigenvalue weighted by Gasteiger charge is -2.67. The van der Waals surface area contributed by atoms with Crippen LogP contribution in [0.15, 0.2) is 0 Å². The maximum Gasteiger partial charge on any atom is 0.309 e. The van der Waals surface area contributed by atoms with Gasteiger partial charge in [0, 0.05) is 18.3 Å². The number of rotatable bonds is 2. The highest BCUT2D eigenvalue weighted by Crippen LogP contribution is 2.76. The van der Waals surface area contributed by atoms with Crippen molar-refractivity contribution < 1.29 is 24.5 Å². The summed E-state index contributed by atoms with van der Waals surface area (Å²) < 4.78 is 5.74. The molecule has 1 unspecified atom stereocenters. The van der Waals surface area contributed by atoms with Gasteiger partial charge in [-0.05, 0) is 68.6 Å². The lowest BCUT2D eigenvalue weighted by atomic mass is 9.37. The number of carboxylic acids is 1. The maximum atomic E-state index is 12.2. The van der Waals surface area contributed by atoms with Gasteiger partial charge in [0.1, 0.15) is 6.10 Å². The first-order valence-corrected chi connectivity index (χ1v) is 10.6. The SMILES string of the molecule is CC(=O)O[C@@H]1CC2C[C@@H](O)[C@H]3[C@](C)(C(=O)O)CCC[C@]3(C)[C@]23CC[C@]1(C)C3. The third-order valence-corrected chi connectivity index (χ3v) is 9.53. The molecular weight excluding hydrogens is 344 g/mol. The molecule has 0 aromatic carbocycles. The largest absolute Gasteiger partial charge is 0.481 e. The van der Waals surface area contributed by atoms with Crippen LogP contribution in [-0.4, -0.2) is 34.4 Å². The van der Waals surface area contributed by atoms with E-state index in [-0.39, 0.29) is 34.2 Å². The molecule has 0 saturated heterocycles. The monoisotopic (exact) mass is 378 g/mol. The van der Waals surface area contributed by atoms with E-state index in [1.54, 1.807) is 0 Å². The van der Waals surface area contributed by atoms with Crippen LogP contribution in [0.2, 0.25) is 0 Å². The van der Waals surface area contributed by atoms with Crippen LogP contribution in [0.25, 0.3) is 0 Å². The van der Waals surface area contributed by atoms with E-state index in [0.717, 1.165) is 38.5 Å². The summed E-state index contributed by atoms with van der Waals surface area (Å²) in [5.41, 5.74) is -1.02. The van der Waals surface area contributed by atoms with Crippen LogP contribution in [-0.2, 0) is 14.3 Å². The van der Waals surface area contributed by atoms with Gasteiger partial charge in [-0.3, -0.25) is 9.59 Å². The number of ether oxygens (including phenoxy) is 1. The van der Waals surface area contributed by atoms with Crippen molar-refractivity contribution in [2.45, 2.75) is 91.3 Å². The van der Waals surface area contributed by atoms with Gasteiger partial charge in [0.15, 0.2) is 0 Å². The molecule has 2 bridgehead atoms. The minimum atomic E-state index is -0.863. The molecule has 2 N–H and O–H groups in total. The first-order valence-electron chi connectivity index (χ1n) is 10.6. The molecule has 27 heavy (non-hydrogen) atoms. The molecule has 0 heterocycles. The van der Waals surface area contributed by atoms with Crippen molar-refractivity contribution in [1.82, 2.24) is 0 Å². The van der Waals surface area contributed by atoms with Crippen molar-refractivity contribution in [3.63, 3.8) is 0 Å². The fraction of sp³-hybridized carbons (Fsp3) is 0.909. The molecule has 4 aliphatic rings. The van der Waals surface area contributed by atoms with Crippen LogP contribution in [0.3, 0.4) is 0 Å². The zero-order chi connectivity index (χ0) is 19.8. The average Bonchev–Trinajstić information content (AvgIpc) is 2.87. The Balaban J connectivity index is 1.78. The molecule has 8 atom stereocenters. The number of carboxylic acid groups (broad SMARTS) is 1. The molecule has 0 amide bonds. The van der Waals surface area contributed by atoms with E-state index in [1.807, 2.05) is 6.92 Å². The van der Waals surface area contributed by atoms with Crippen LogP contribution in [0, 0.1) is 33.5 Å². The number of hydrogen-bond donors (Lipinski definition) is 2. The molecule has 4 rings (SSSR count). The minimum Gasteiger partial charge on any atom is -0.481 e. The molecule has 0 aromatic heterocycles. The zero-order valence-corrected chi connectivity index (χ0v) is 17.1. The van der Waals surface area contributed by atoms with Gasteiger partial charge in [-0.25, -0.2) is 0 Å². The van der Waals surface area contributed by atoms with E-state index < -0.39 is 17.5 Å². The number of carbonyl (C=O) groups is 2. The van der Waals surface area contributed by atoms with Gasteiger partial charge >= 0.3 is 11.9 Å². The predicted octanol–water partition coefficient (Wildman–Crippen LogP) is 3.78. The van der Waals surface area contributed by atoms with E-state index in [2.05, 4.69) is 13.8 Å². The molecule has 0 aliphatic heterocycles. The standard InChI is InChI=1S/C22H34O5/c1-13(23)27-16-11-14-10-15(24)17-20(3,18(25)26)6-5-7-21(17,4)22(14)9-8-19(16,2)12-22/h14-17,24H,5-12H2,1-4H3,(H,25,26)/t14?,15-,16-,17+,19-,20-,21+,22+/m1/s1. The minimum absolute atomic E-state index is 0.0326. The summed E-state index contributed by atoms with van der Waals surface area (Å²) in [5, 5.41) is 21.2. The fourth-order valence-corrected chi connectivity index (χ4v) is 8.38. The number of aliphatic hydroxyl groups is 1. The van der Waals surface area contributed by atoms with Gasteiger partial charge < -0.3 is 14.9 Å². The van der Waals surface area contributed by atoms with Crippen molar-refractivity contribution >= 4 is 11.9 Å². The Labute approximate surface area is 161 Å². The molecule has 1 spiro atoms. The summed E-state index contributed by atoms with van der Waals surface area (Å²) >= 11 is 0. The van der Waals surface area contributed by atoms with E-state index in [9.17, 15) is 19.8 Å². The summed E-state index contributed by atoms with van der Waals surface area (Å²) in [7, 11) is 0. The molecule has 5 nitrogen and oxygen atoms in total. The second-order valence-corrected chi connectivity index (χ2v) is 10.8. The lowest BCUT2D eigenvalue weighted by Crippen LogP contribution is -2.66. The quantitative estimate of drug-likeness (QED) is 0.715. The number of aliphatic carboxylic acids is 1. The van der Waals surface area contributed by atoms with Crippen molar-refractivity contribution in [2.24, 2.45) is 33.5 Å². The van der Waals surface area contributed by atoms with Crippen molar-refractivity contribution in [3.05, 3.63) is 0 Å². The molecule has 4 saturated carbocycles. The van der Waals surface area contributed by atoms with Crippen molar-refractivity contribution in [1.29, 1.82) is 0 Å². The molecule has 0 radical (unpaired) electrons. The van der Waals surface area contributed by atoms with Crippen LogP contribution in [0.5, 0.6) is 0 Å². The normalized spacial score (nSPS) is 54.0. The number of aliphatic hydroxyl groups excluding tert-OH is 1. The molecule has 4 aliphatic carbocycles. The predicted molar refractivity (Wildman–Crippen MR) is 99.9 cm³/mol. The van der Waals surface area contributed by atoms with Crippen LogP contribution < -0.4 is 0 Å². The van der Waals surface area contributed by atoms with Crippen molar-refractivity contribution in [2.75, 3.05) is 0 Å². The highest BCUT2D eigenvalue weighted by Gasteiger charge is 2.72. The Kier molecular flexibility index (Phi) is 4.07. The fourth-order valence-electron chi connectivity index (χ4n) is 8.38. The van der Waals surface area contributed by atoms with Gasteiger partial charge in [-0.15, -0.1) is 0 Å². The number of esters is 1. The molecule has 152 valence electrons. The van der Waals surface area contributed by atoms with Gasteiger partial charge in [0.2, 0.25) is 0 Å². The second-order valence-electron chi connectivity index (χ2n) is 10.8.